The van der Waals surface area contributed by atoms with Crippen molar-refractivity contribution in [2.24, 2.45) is 0 Å². The van der Waals surface area contributed by atoms with Crippen molar-refractivity contribution in [1.29, 1.82) is 0 Å². The first-order valence-electron chi connectivity index (χ1n) is 4.82. The maximum absolute atomic E-state index is 6.06. The highest BCUT2D eigenvalue weighted by Crippen LogP contribution is 2.30. The smallest absolute Gasteiger partial charge is 0.183 e. The van der Waals surface area contributed by atoms with Gasteiger partial charge in [0.2, 0.25) is 0 Å². The summed E-state index contributed by atoms with van der Waals surface area (Å²) < 4.78 is 0. The van der Waals surface area contributed by atoms with Crippen molar-refractivity contribution >= 4 is 46.7 Å². The van der Waals surface area contributed by atoms with Crippen molar-refractivity contribution in [3.63, 3.8) is 0 Å². The quantitative estimate of drug-likeness (QED) is 0.670. The van der Waals surface area contributed by atoms with Gasteiger partial charge in [-0.3, -0.25) is 5.10 Å². The Bertz CT molecular complexity index is 476. The molecule has 1 aromatic carbocycles. The molecule has 0 aliphatic rings. The van der Waals surface area contributed by atoms with E-state index < -0.39 is 0 Å². The molecule has 1 aromatic heterocycles. The van der Waals surface area contributed by atoms with E-state index in [1.165, 1.54) is 6.33 Å². The van der Waals surface area contributed by atoms with Crippen molar-refractivity contribution in [3.8, 4) is 0 Å². The van der Waals surface area contributed by atoms with Gasteiger partial charge in [0, 0.05) is 21.4 Å². The van der Waals surface area contributed by atoms with Gasteiger partial charge in [-0.25, -0.2) is 4.98 Å². The molecule has 0 atom stereocenters. The molecule has 0 fully saturated rings. The molecule has 2 aromatic rings. The van der Waals surface area contributed by atoms with Gasteiger partial charge in [0.05, 0.1) is 5.02 Å². The zero-order chi connectivity index (χ0) is 12.1. The number of thioether (sulfide) groups is 2. The number of rotatable bonds is 5. The first-order chi connectivity index (χ1) is 8.25. The summed E-state index contributed by atoms with van der Waals surface area (Å²) in [6.45, 7) is 0. The van der Waals surface area contributed by atoms with Crippen LogP contribution >= 0.6 is 46.7 Å². The highest BCUT2D eigenvalue weighted by Gasteiger charge is 2.03. The lowest BCUT2D eigenvalue weighted by Gasteiger charge is -2.03. The molecule has 90 valence electrons. The Morgan fingerprint density at radius 1 is 1.18 bits per heavy atom. The zero-order valence-electron chi connectivity index (χ0n) is 8.69. The van der Waals surface area contributed by atoms with E-state index >= 15 is 0 Å². The van der Waals surface area contributed by atoms with E-state index in [1.807, 2.05) is 12.1 Å². The fraction of sp³-hybridized carbons (Fsp3) is 0.200. The number of aromatic amines is 1. The largest absolute Gasteiger partial charge is 0.254 e. The maximum Gasteiger partial charge on any atom is 0.183 e. The molecule has 2 rings (SSSR count). The SMILES string of the molecule is Clc1ccc(Cl)c(SCCSc2ncn[nH]2)c1. The van der Waals surface area contributed by atoms with Gasteiger partial charge in [-0.15, -0.1) is 11.8 Å². The molecular formula is C10H9Cl2N3S2. The minimum Gasteiger partial charge on any atom is -0.254 e. The second-order valence-corrected chi connectivity index (χ2v) is 6.13. The van der Waals surface area contributed by atoms with Crippen LogP contribution in [0.2, 0.25) is 10.0 Å². The Labute approximate surface area is 118 Å². The monoisotopic (exact) mass is 305 g/mol. The lowest BCUT2D eigenvalue weighted by atomic mass is 10.4. The molecule has 17 heavy (non-hydrogen) atoms. The number of nitrogens with one attached hydrogen (secondary N) is 1. The third-order valence-electron chi connectivity index (χ3n) is 1.87. The number of hydrogen-bond donors (Lipinski definition) is 1. The van der Waals surface area contributed by atoms with Crippen LogP contribution in [-0.2, 0) is 0 Å². The fourth-order valence-electron chi connectivity index (χ4n) is 1.14. The van der Waals surface area contributed by atoms with Gasteiger partial charge in [-0.05, 0) is 18.2 Å². The highest BCUT2D eigenvalue weighted by molar-refractivity contribution is 8.02. The third-order valence-corrected chi connectivity index (χ3v) is 4.74. The summed E-state index contributed by atoms with van der Waals surface area (Å²) >= 11 is 15.3. The average molecular weight is 306 g/mol. The Morgan fingerprint density at radius 2 is 2.00 bits per heavy atom. The van der Waals surface area contributed by atoms with Crippen LogP contribution in [0.1, 0.15) is 0 Å². The Hall–Kier alpha value is -0.360. The summed E-state index contributed by atoms with van der Waals surface area (Å²) in [5, 5.41) is 8.87. The van der Waals surface area contributed by atoms with E-state index in [2.05, 4.69) is 15.2 Å². The van der Waals surface area contributed by atoms with Crippen LogP contribution in [0.4, 0.5) is 0 Å². The van der Waals surface area contributed by atoms with Crippen LogP contribution in [-0.4, -0.2) is 26.7 Å². The molecule has 1 heterocycles. The highest BCUT2D eigenvalue weighted by atomic mass is 35.5. The Kier molecular flexibility index (Phi) is 5.03. The number of nitrogens with zero attached hydrogens (tertiary/aromatic N) is 2. The molecule has 0 saturated heterocycles. The standard InChI is InChI=1S/C10H9Cl2N3S2/c11-7-1-2-8(12)9(5-7)16-3-4-17-10-13-6-14-15-10/h1-2,5-6H,3-4H2,(H,13,14,15). The van der Waals surface area contributed by atoms with Crippen molar-refractivity contribution in [3.05, 3.63) is 34.6 Å². The summed E-state index contributed by atoms with van der Waals surface area (Å²) in [6.07, 6.45) is 1.50. The maximum atomic E-state index is 6.06. The molecule has 3 nitrogen and oxygen atoms in total. The van der Waals surface area contributed by atoms with Gasteiger partial charge >= 0.3 is 0 Å². The number of H-pyrrole nitrogens is 1. The van der Waals surface area contributed by atoms with Crippen LogP contribution < -0.4 is 0 Å². The topological polar surface area (TPSA) is 41.6 Å². The van der Waals surface area contributed by atoms with E-state index in [0.717, 1.165) is 26.6 Å². The molecule has 0 saturated carbocycles. The second-order valence-electron chi connectivity index (χ2n) is 3.06. The van der Waals surface area contributed by atoms with E-state index in [9.17, 15) is 0 Å². The summed E-state index contributed by atoms with van der Waals surface area (Å²) in [7, 11) is 0. The lowest BCUT2D eigenvalue weighted by Crippen LogP contribution is -1.86. The van der Waals surface area contributed by atoms with Crippen molar-refractivity contribution in [2.75, 3.05) is 11.5 Å². The molecule has 0 amide bonds. The molecule has 7 heteroatoms. The minimum atomic E-state index is 0.708. The zero-order valence-corrected chi connectivity index (χ0v) is 11.8. The molecule has 0 radical (unpaired) electrons. The van der Waals surface area contributed by atoms with Gasteiger partial charge in [0.25, 0.3) is 0 Å². The average Bonchev–Trinajstić information content (AvgIpc) is 2.82. The molecule has 0 aliphatic carbocycles. The molecule has 0 aliphatic heterocycles. The second kappa shape index (κ2) is 6.54. The van der Waals surface area contributed by atoms with Crippen LogP contribution in [0.3, 0.4) is 0 Å². The molecule has 0 unspecified atom stereocenters. The van der Waals surface area contributed by atoms with E-state index in [-0.39, 0.29) is 0 Å². The summed E-state index contributed by atoms with van der Waals surface area (Å²) in [6, 6.07) is 5.49. The Balaban J connectivity index is 1.80. The van der Waals surface area contributed by atoms with Gasteiger partial charge < -0.3 is 0 Å². The number of benzene rings is 1. The third kappa shape index (κ3) is 4.10. The first kappa shape index (κ1) is 13.1. The number of aromatic nitrogens is 3. The Morgan fingerprint density at radius 3 is 2.76 bits per heavy atom. The fourth-order valence-corrected chi connectivity index (χ4v) is 3.39. The predicted octanol–water partition coefficient (Wildman–Crippen LogP) is 4.00. The van der Waals surface area contributed by atoms with Crippen LogP contribution in [0.15, 0.2) is 34.6 Å². The van der Waals surface area contributed by atoms with Crippen molar-refractivity contribution in [1.82, 2.24) is 15.2 Å². The van der Waals surface area contributed by atoms with Gasteiger partial charge in [0.1, 0.15) is 6.33 Å². The van der Waals surface area contributed by atoms with Crippen molar-refractivity contribution < 1.29 is 0 Å². The summed E-state index contributed by atoms with van der Waals surface area (Å²) in [5.41, 5.74) is 0. The number of hydrogen-bond acceptors (Lipinski definition) is 4. The van der Waals surface area contributed by atoms with E-state index in [1.54, 1.807) is 29.6 Å². The van der Waals surface area contributed by atoms with Gasteiger partial charge in [-0.1, -0.05) is 35.0 Å². The van der Waals surface area contributed by atoms with Gasteiger partial charge in [-0.2, -0.15) is 5.10 Å². The van der Waals surface area contributed by atoms with Crippen LogP contribution in [0, 0.1) is 0 Å². The van der Waals surface area contributed by atoms with Crippen molar-refractivity contribution in [2.45, 2.75) is 10.1 Å². The molecular weight excluding hydrogens is 297 g/mol. The van der Waals surface area contributed by atoms with E-state index in [4.69, 9.17) is 23.2 Å². The first-order valence-corrected chi connectivity index (χ1v) is 7.54. The summed E-state index contributed by atoms with van der Waals surface area (Å²) in [5.74, 6) is 1.87. The molecule has 1 N–H and O–H groups in total. The van der Waals surface area contributed by atoms with Crippen LogP contribution in [0.5, 0.6) is 0 Å². The van der Waals surface area contributed by atoms with Gasteiger partial charge in [0.15, 0.2) is 5.16 Å². The minimum absolute atomic E-state index is 0.708. The molecule has 0 bridgehead atoms. The van der Waals surface area contributed by atoms with Crippen LogP contribution in [0.25, 0.3) is 0 Å². The normalized spacial score (nSPS) is 10.7. The summed E-state index contributed by atoms with van der Waals surface area (Å²) in [4.78, 5) is 5.04. The molecule has 0 spiro atoms. The van der Waals surface area contributed by atoms with E-state index in [0.29, 0.717) is 5.02 Å². The predicted molar refractivity (Wildman–Crippen MR) is 74.3 cm³/mol. The lowest BCUT2D eigenvalue weighted by molar-refractivity contribution is 0.974. The number of halogens is 2.